The van der Waals surface area contributed by atoms with Gasteiger partial charge in [-0.25, -0.2) is 0 Å². The quantitative estimate of drug-likeness (QED) is 0.664. The molecule has 0 aliphatic rings. The Hall–Kier alpha value is -0.830. The lowest BCUT2D eigenvalue weighted by molar-refractivity contribution is 0.357. The van der Waals surface area contributed by atoms with E-state index in [-0.39, 0.29) is 6.17 Å². The average molecular weight is 139 g/mol. The normalized spacial score (nSPS) is 14.0. The second-order valence-corrected chi connectivity index (χ2v) is 2.72. The van der Waals surface area contributed by atoms with Gasteiger partial charge in [-0.3, -0.25) is 4.68 Å². The summed E-state index contributed by atoms with van der Waals surface area (Å²) in [5.74, 6) is 0.430. The summed E-state index contributed by atoms with van der Waals surface area (Å²) in [5.41, 5.74) is 5.78. The monoisotopic (exact) mass is 139 g/mol. The minimum atomic E-state index is 0.00926. The molecule has 3 heteroatoms. The standard InChI is InChI=1S/C7H13N3/c1-6(2)7(8)10-5-3-4-9-10/h3-7H,8H2,1-2H3. The van der Waals surface area contributed by atoms with Gasteiger partial charge < -0.3 is 5.73 Å². The number of aromatic nitrogens is 2. The fourth-order valence-electron chi connectivity index (χ4n) is 0.762. The molecule has 0 aliphatic carbocycles. The molecule has 0 aliphatic heterocycles. The van der Waals surface area contributed by atoms with Gasteiger partial charge in [-0.2, -0.15) is 5.10 Å². The highest BCUT2D eigenvalue weighted by molar-refractivity contribution is 4.80. The summed E-state index contributed by atoms with van der Waals surface area (Å²) in [6, 6.07) is 1.88. The molecule has 56 valence electrons. The van der Waals surface area contributed by atoms with Crippen LogP contribution in [-0.2, 0) is 0 Å². The molecule has 0 aromatic carbocycles. The summed E-state index contributed by atoms with van der Waals surface area (Å²) in [7, 11) is 0. The zero-order valence-electron chi connectivity index (χ0n) is 6.36. The maximum atomic E-state index is 5.78. The topological polar surface area (TPSA) is 43.8 Å². The third-order valence-electron chi connectivity index (χ3n) is 1.51. The third-order valence-corrected chi connectivity index (χ3v) is 1.51. The lowest BCUT2D eigenvalue weighted by Crippen LogP contribution is -2.24. The van der Waals surface area contributed by atoms with Crippen LogP contribution in [0, 0.1) is 5.92 Å². The van der Waals surface area contributed by atoms with E-state index in [1.807, 2.05) is 12.3 Å². The summed E-state index contributed by atoms with van der Waals surface area (Å²) in [5, 5.41) is 4.03. The number of rotatable bonds is 2. The molecule has 0 saturated carbocycles. The van der Waals surface area contributed by atoms with Crippen molar-refractivity contribution >= 4 is 0 Å². The van der Waals surface area contributed by atoms with Crippen LogP contribution in [0.5, 0.6) is 0 Å². The lowest BCUT2D eigenvalue weighted by Gasteiger charge is -2.15. The number of nitrogens with two attached hydrogens (primary N) is 1. The molecule has 1 aromatic heterocycles. The molecule has 1 unspecified atom stereocenters. The van der Waals surface area contributed by atoms with Crippen LogP contribution in [0.3, 0.4) is 0 Å². The minimum absolute atomic E-state index is 0.00926. The van der Waals surface area contributed by atoms with E-state index in [4.69, 9.17) is 5.73 Å². The van der Waals surface area contributed by atoms with Crippen molar-refractivity contribution in [2.24, 2.45) is 11.7 Å². The first-order valence-electron chi connectivity index (χ1n) is 3.46. The van der Waals surface area contributed by atoms with E-state index >= 15 is 0 Å². The highest BCUT2D eigenvalue weighted by Crippen LogP contribution is 2.08. The predicted octanol–water partition coefficient (Wildman–Crippen LogP) is 0.996. The highest BCUT2D eigenvalue weighted by Gasteiger charge is 2.07. The van der Waals surface area contributed by atoms with Gasteiger partial charge in [-0.05, 0) is 12.0 Å². The first kappa shape index (κ1) is 7.28. The maximum Gasteiger partial charge on any atom is 0.101 e. The summed E-state index contributed by atoms with van der Waals surface area (Å²) < 4.78 is 1.77. The summed E-state index contributed by atoms with van der Waals surface area (Å²) in [6.07, 6.45) is 3.63. The van der Waals surface area contributed by atoms with Crippen molar-refractivity contribution in [3.63, 3.8) is 0 Å². The maximum absolute atomic E-state index is 5.78. The molecule has 0 fully saturated rings. The van der Waals surface area contributed by atoms with Gasteiger partial charge in [0.1, 0.15) is 6.17 Å². The SMILES string of the molecule is CC(C)C(N)n1cccn1. The lowest BCUT2D eigenvalue weighted by atomic mass is 10.2. The van der Waals surface area contributed by atoms with Crippen LogP contribution >= 0.6 is 0 Å². The van der Waals surface area contributed by atoms with Gasteiger partial charge >= 0.3 is 0 Å². The second-order valence-electron chi connectivity index (χ2n) is 2.72. The molecule has 1 atom stereocenters. The Labute approximate surface area is 60.8 Å². The number of hydrogen-bond donors (Lipinski definition) is 1. The van der Waals surface area contributed by atoms with Gasteiger partial charge in [-0.1, -0.05) is 13.8 Å². The summed E-state index contributed by atoms with van der Waals surface area (Å²) >= 11 is 0. The molecule has 0 spiro atoms. The van der Waals surface area contributed by atoms with E-state index < -0.39 is 0 Å². The Morgan fingerprint density at radius 2 is 2.20 bits per heavy atom. The zero-order chi connectivity index (χ0) is 7.56. The van der Waals surface area contributed by atoms with E-state index in [1.165, 1.54) is 0 Å². The molecule has 1 aromatic rings. The number of nitrogens with zero attached hydrogens (tertiary/aromatic N) is 2. The largest absolute Gasteiger partial charge is 0.309 e. The van der Waals surface area contributed by atoms with Crippen molar-refractivity contribution in [2.45, 2.75) is 20.0 Å². The second kappa shape index (κ2) is 2.84. The van der Waals surface area contributed by atoms with Gasteiger partial charge in [0.05, 0.1) is 0 Å². The summed E-state index contributed by atoms with van der Waals surface area (Å²) in [4.78, 5) is 0. The molecule has 0 radical (unpaired) electrons. The van der Waals surface area contributed by atoms with Crippen molar-refractivity contribution < 1.29 is 0 Å². The van der Waals surface area contributed by atoms with Crippen molar-refractivity contribution in [1.29, 1.82) is 0 Å². The molecule has 0 saturated heterocycles. The Kier molecular flexibility index (Phi) is 2.06. The van der Waals surface area contributed by atoms with Gasteiger partial charge in [0, 0.05) is 12.4 Å². The molecule has 3 nitrogen and oxygen atoms in total. The first-order valence-corrected chi connectivity index (χ1v) is 3.46. The molecule has 10 heavy (non-hydrogen) atoms. The van der Waals surface area contributed by atoms with Crippen molar-refractivity contribution in [1.82, 2.24) is 9.78 Å². The molecule has 1 heterocycles. The molecule has 2 N–H and O–H groups in total. The molecule has 0 amide bonds. The van der Waals surface area contributed by atoms with Gasteiger partial charge in [0.2, 0.25) is 0 Å². The smallest absolute Gasteiger partial charge is 0.101 e. The van der Waals surface area contributed by atoms with E-state index in [2.05, 4.69) is 18.9 Å². The van der Waals surface area contributed by atoms with Crippen molar-refractivity contribution in [2.75, 3.05) is 0 Å². The Bertz CT molecular complexity index is 179. The van der Waals surface area contributed by atoms with E-state index in [0.717, 1.165) is 0 Å². The van der Waals surface area contributed by atoms with Crippen LogP contribution < -0.4 is 5.73 Å². The van der Waals surface area contributed by atoms with Gasteiger partial charge in [-0.15, -0.1) is 0 Å². The molecular formula is C7H13N3. The van der Waals surface area contributed by atoms with Crippen LogP contribution in [0.25, 0.3) is 0 Å². The molecular weight excluding hydrogens is 126 g/mol. The average Bonchev–Trinajstić information content (AvgIpc) is 2.36. The van der Waals surface area contributed by atoms with Crippen LogP contribution in [0.2, 0.25) is 0 Å². The van der Waals surface area contributed by atoms with E-state index in [9.17, 15) is 0 Å². The highest BCUT2D eigenvalue weighted by atomic mass is 15.3. The van der Waals surface area contributed by atoms with Gasteiger partial charge in [0.25, 0.3) is 0 Å². The van der Waals surface area contributed by atoms with E-state index in [1.54, 1.807) is 10.9 Å². The Balaban J connectivity index is 2.68. The molecule has 1 rings (SSSR count). The zero-order valence-corrected chi connectivity index (χ0v) is 6.36. The predicted molar refractivity (Wildman–Crippen MR) is 40.3 cm³/mol. The van der Waals surface area contributed by atoms with Crippen LogP contribution in [0.15, 0.2) is 18.5 Å². The van der Waals surface area contributed by atoms with E-state index in [0.29, 0.717) is 5.92 Å². The van der Waals surface area contributed by atoms with Gasteiger partial charge in [0.15, 0.2) is 0 Å². The first-order chi connectivity index (χ1) is 4.72. The third kappa shape index (κ3) is 1.36. The van der Waals surface area contributed by atoms with Crippen LogP contribution in [0.4, 0.5) is 0 Å². The Morgan fingerprint density at radius 1 is 1.50 bits per heavy atom. The summed E-state index contributed by atoms with van der Waals surface area (Å²) in [6.45, 7) is 4.15. The Morgan fingerprint density at radius 3 is 2.60 bits per heavy atom. The van der Waals surface area contributed by atoms with Crippen LogP contribution in [-0.4, -0.2) is 9.78 Å². The van der Waals surface area contributed by atoms with Crippen molar-refractivity contribution in [3.05, 3.63) is 18.5 Å². The van der Waals surface area contributed by atoms with Crippen LogP contribution in [0.1, 0.15) is 20.0 Å². The van der Waals surface area contributed by atoms with Crippen molar-refractivity contribution in [3.8, 4) is 0 Å². The minimum Gasteiger partial charge on any atom is -0.309 e. The number of hydrogen-bond acceptors (Lipinski definition) is 2. The fourth-order valence-corrected chi connectivity index (χ4v) is 0.762. The fraction of sp³-hybridized carbons (Fsp3) is 0.571. The molecule has 0 bridgehead atoms.